The molecule has 1 aromatic rings. The molecule has 1 rings (SSSR count). The zero-order valence-corrected chi connectivity index (χ0v) is 8.41. The van der Waals surface area contributed by atoms with Crippen molar-refractivity contribution in [1.82, 2.24) is 0 Å². The Hall–Kier alpha value is -1.99. The summed E-state index contributed by atoms with van der Waals surface area (Å²) in [6.45, 7) is 0. The van der Waals surface area contributed by atoms with Gasteiger partial charge >= 0.3 is 5.97 Å². The lowest BCUT2D eigenvalue weighted by atomic mass is 10.2. The molecule has 0 atom stereocenters. The van der Waals surface area contributed by atoms with Crippen molar-refractivity contribution in [2.75, 3.05) is 12.5 Å². The third-order valence-corrected chi connectivity index (χ3v) is 1.74. The molecule has 0 amide bonds. The molecule has 4 nitrogen and oxygen atoms in total. The molecule has 0 aliphatic heterocycles. The van der Waals surface area contributed by atoms with E-state index in [1.807, 2.05) is 24.3 Å². The normalized spacial score (nSPS) is 8.67. The number of nitrogens with one attached hydrogen (secondary N) is 1. The Morgan fingerprint density at radius 1 is 1.47 bits per heavy atom. The number of carbonyl (C=O) groups is 1. The monoisotopic (exact) mass is 204 g/mol. The standard InChI is InChI=1S/C11H12N2O2/c1-15-11(14)4-2-3-9-5-7-10(13-12)8-6-9/h5-8,13H,4,12H2,1H3. The highest BCUT2D eigenvalue weighted by Gasteiger charge is 1.93. The van der Waals surface area contributed by atoms with E-state index in [1.54, 1.807) is 0 Å². The molecule has 0 radical (unpaired) electrons. The maximum Gasteiger partial charge on any atom is 0.317 e. The number of nitrogens with two attached hydrogens (primary N) is 1. The van der Waals surface area contributed by atoms with E-state index in [0.717, 1.165) is 11.3 Å². The van der Waals surface area contributed by atoms with E-state index in [-0.39, 0.29) is 12.4 Å². The number of methoxy groups -OCH3 is 1. The highest BCUT2D eigenvalue weighted by Crippen LogP contribution is 2.06. The fourth-order valence-corrected chi connectivity index (χ4v) is 0.940. The van der Waals surface area contributed by atoms with Crippen molar-refractivity contribution in [3.8, 4) is 11.8 Å². The van der Waals surface area contributed by atoms with Gasteiger partial charge in [-0.15, -0.1) is 0 Å². The van der Waals surface area contributed by atoms with Crippen molar-refractivity contribution in [3.05, 3.63) is 29.8 Å². The molecule has 0 saturated heterocycles. The number of rotatable bonds is 2. The van der Waals surface area contributed by atoms with Crippen LogP contribution >= 0.6 is 0 Å². The molecule has 4 heteroatoms. The van der Waals surface area contributed by atoms with Crippen LogP contribution in [0, 0.1) is 11.8 Å². The Morgan fingerprint density at radius 2 is 2.13 bits per heavy atom. The van der Waals surface area contributed by atoms with E-state index in [1.165, 1.54) is 7.11 Å². The van der Waals surface area contributed by atoms with Gasteiger partial charge in [0.05, 0.1) is 7.11 Å². The summed E-state index contributed by atoms with van der Waals surface area (Å²) >= 11 is 0. The van der Waals surface area contributed by atoms with Crippen LogP contribution in [0.5, 0.6) is 0 Å². The number of anilines is 1. The van der Waals surface area contributed by atoms with Gasteiger partial charge in [0, 0.05) is 11.3 Å². The first-order chi connectivity index (χ1) is 7.26. The van der Waals surface area contributed by atoms with E-state index in [4.69, 9.17) is 5.84 Å². The van der Waals surface area contributed by atoms with Crippen LogP contribution in [0.4, 0.5) is 5.69 Å². The maximum absolute atomic E-state index is 10.8. The Kier molecular flexibility index (Phi) is 4.20. The zero-order valence-electron chi connectivity index (χ0n) is 8.41. The average molecular weight is 204 g/mol. The second-order valence-corrected chi connectivity index (χ2v) is 2.78. The second-order valence-electron chi connectivity index (χ2n) is 2.78. The Balaban J connectivity index is 2.60. The Morgan fingerprint density at radius 3 is 2.67 bits per heavy atom. The summed E-state index contributed by atoms with van der Waals surface area (Å²) in [5, 5.41) is 0. The summed E-state index contributed by atoms with van der Waals surface area (Å²) in [6, 6.07) is 7.25. The molecule has 0 heterocycles. The van der Waals surface area contributed by atoms with Crippen LogP contribution < -0.4 is 11.3 Å². The van der Waals surface area contributed by atoms with Gasteiger partial charge < -0.3 is 10.2 Å². The zero-order chi connectivity index (χ0) is 11.1. The van der Waals surface area contributed by atoms with Crippen molar-refractivity contribution < 1.29 is 9.53 Å². The summed E-state index contributed by atoms with van der Waals surface area (Å²) in [6.07, 6.45) is 0.105. The molecular formula is C11H12N2O2. The van der Waals surface area contributed by atoms with E-state index >= 15 is 0 Å². The fraction of sp³-hybridized carbons (Fsp3) is 0.182. The quantitative estimate of drug-likeness (QED) is 0.325. The molecule has 1 aromatic carbocycles. The van der Waals surface area contributed by atoms with Gasteiger partial charge in [-0.3, -0.25) is 10.6 Å². The third kappa shape index (κ3) is 3.71. The van der Waals surface area contributed by atoms with Crippen LogP contribution in [-0.4, -0.2) is 13.1 Å². The maximum atomic E-state index is 10.8. The van der Waals surface area contributed by atoms with E-state index < -0.39 is 0 Å². The molecule has 0 unspecified atom stereocenters. The summed E-state index contributed by atoms with van der Waals surface area (Å²) < 4.78 is 4.46. The van der Waals surface area contributed by atoms with Crippen molar-refractivity contribution in [2.45, 2.75) is 6.42 Å². The molecule has 3 N–H and O–H groups in total. The molecule has 0 aliphatic rings. The van der Waals surface area contributed by atoms with Gasteiger partial charge in [0.1, 0.15) is 6.42 Å². The largest absolute Gasteiger partial charge is 0.468 e. The van der Waals surface area contributed by atoms with Gasteiger partial charge in [0.25, 0.3) is 0 Å². The molecule has 0 saturated carbocycles. The predicted octanol–water partition coefficient (Wildman–Crippen LogP) is 0.887. The Bertz CT molecular complexity index is 387. The first-order valence-electron chi connectivity index (χ1n) is 4.38. The van der Waals surface area contributed by atoms with Gasteiger partial charge in [-0.1, -0.05) is 11.8 Å². The summed E-state index contributed by atoms with van der Waals surface area (Å²) in [5.41, 5.74) is 4.16. The van der Waals surface area contributed by atoms with E-state index in [9.17, 15) is 4.79 Å². The van der Waals surface area contributed by atoms with Crippen molar-refractivity contribution in [2.24, 2.45) is 5.84 Å². The van der Waals surface area contributed by atoms with Crippen LogP contribution in [0.3, 0.4) is 0 Å². The molecular weight excluding hydrogens is 192 g/mol. The number of ether oxygens (including phenoxy) is 1. The Labute approximate surface area is 88.4 Å². The summed E-state index contributed by atoms with van der Waals surface area (Å²) in [5.74, 6) is 10.4. The summed E-state index contributed by atoms with van der Waals surface area (Å²) in [7, 11) is 1.34. The molecule has 0 fully saturated rings. The number of hydrazine groups is 1. The minimum absolute atomic E-state index is 0.105. The fourth-order valence-electron chi connectivity index (χ4n) is 0.940. The van der Waals surface area contributed by atoms with Crippen molar-refractivity contribution >= 4 is 11.7 Å². The first kappa shape index (κ1) is 11.1. The average Bonchev–Trinajstić information content (AvgIpc) is 2.29. The third-order valence-electron chi connectivity index (χ3n) is 1.74. The molecule has 0 spiro atoms. The van der Waals surface area contributed by atoms with Gasteiger partial charge in [-0.2, -0.15) is 0 Å². The molecule has 0 bridgehead atoms. The number of hydrogen-bond donors (Lipinski definition) is 2. The van der Waals surface area contributed by atoms with Crippen LogP contribution in [0.15, 0.2) is 24.3 Å². The lowest BCUT2D eigenvalue weighted by molar-refractivity contribution is -0.139. The molecule has 0 aromatic heterocycles. The highest BCUT2D eigenvalue weighted by atomic mass is 16.5. The highest BCUT2D eigenvalue weighted by molar-refractivity contribution is 5.72. The SMILES string of the molecule is COC(=O)CC#Cc1ccc(NN)cc1. The van der Waals surface area contributed by atoms with Gasteiger partial charge in [-0.25, -0.2) is 0 Å². The van der Waals surface area contributed by atoms with Crippen LogP contribution in [-0.2, 0) is 9.53 Å². The van der Waals surface area contributed by atoms with Crippen molar-refractivity contribution in [1.29, 1.82) is 0 Å². The molecule has 78 valence electrons. The molecule has 0 aliphatic carbocycles. The number of benzene rings is 1. The number of nitrogen functional groups attached to an aromatic ring is 1. The van der Waals surface area contributed by atoms with E-state index in [2.05, 4.69) is 22.0 Å². The van der Waals surface area contributed by atoms with Gasteiger partial charge in [-0.05, 0) is 24.3 Å². The number of hydrogen-bond acceptors (Lipinski definition) is 4. The number of esters is 1. The first-order valence-corrected chi connectivity index (χ1v) is 4.38. The van der Waals surface area contributed by atoms with Crippen LogP contribution in [0.2, 0.25) is 0 Å². The van der Waals surface area contributed by atoms with Crippen LogP contribution in [0.25, 0.3) is 0 Å². The van der Waals surface area contributed by atoms with Crippen molar-refractivity contribution in [3.63, 3.8) is 0 Å². The van der Waals surface area contributed by atoms with E-state index in [0.29, 0.717) is 0 Å². The minimum atomic E-state index is -0.331. The van der Waals surface area contributed by atoms with Gasteiger partial charge in [0.2, 0.25) is 0 Å². The minimum Gasteiger partial charge on any atom is -0.468 e. The second kappa shape index (κ2) is 5.68. The lowest BCUT2D eigenvalue weighted by Crippen LogP contribution is -2.05. The molecule has 15 heavy (non-hydrogen) atoms. The number of carbonyl (C=O) groups excluding carboxylic acids is 1. The van der Waals surface area contributed by atoms with Crippen LogP contribution in [0.1, 0.15) is 12.0 Å². The summed E-state index contributed by atoms with van der Waals surface area (Å²) in [4.78, 5) is 10.8. The topological polar surface area (TPSA) is 64.3 Å². The lowest BCUT2D eigenvalue weighted by Gasteiger charge is -1.97. The smallest absolute Gasteiger partial charge is 0.317 e. The predicted molar refractivity (Wildman–Crippen MR) is 57.8 cm³/mol. The van der Waals surface area contributed by atoms with Gasteiger partial charge in [0.15, 0.2) is 0 Å².